The van der Waals surface area contributed by atoms with Crippen molar-refractivity contribution >= 4 is 35.0 Å². The summed E-state index contributed by atoms with van der Waals surface area (Å²) in [5, 5.41) is 6.79. The minimum Gasteiger partial charge on any atom is -0.494 e. The molecule has 1 N–H and O–H groups in total. The number of aryl methyl sites for hydroxylation is 2. The summed E-state index contributed by atoms with van der Waals surface area (Å²) in [5.74, 6) is 2.36. The molecule has 1 aromatic heterocycles. The fourth-order valence-corrected chi connectivity index (χ4v) is 4.01. The second kappa shape index (κ2) is 8.47. The Bertz CT molecular complexity index is 830. The summed E-state index contributed by atoms with van der Waals surface area (Å²) in [6.07, 6.45) is 1.41. The molecule has 0 aliphatic carbocycles. The van der Waals surface area contributed by atoms with E-state index in [1.54, 1.807) is 24.1 Å². The number of nitrogens with one attached hydrogen (secondary N) is 1. The largest absolute Gasteiger partial charge is 0.494 e. The summed E-state index contributed by atoms with van der Waals surface area (Å²) in [6.45, 7) is 4.46. The molecule has 2 aromatic rings. The lowest BCUT2D eigenvalue weighted by atomic mass is 10.2. The maximum atomic E-state index is 12.2. The number of carbonyl (C=O) groups excluding carboxylic acids is 2. The summed E-state index contributed by atoms with van der Waals surface area (Å²) >= 11 is 1.50. The molecular formula is C19H23N3O4S. The summed E-state index contributed by atoms with van der Waals surface area (Å²) in [4.78, 5) is 25.9. The molecule has 1 aliphatic rings. The summed E-state index contributed by atoms with van der Waals surface area (Å²) < 4.78 is 10.5. The van der Waals surface area contributed by atoms with Gasteiger partial charge in [-0.1, -0.05) is 5.16 Å². The predicted octanol–water partition coefficient (Wildman–Crippen LogP) is 3.30. The first-order chi connectivity index (χ1) is 13.0. The van der Waals surface area contributed by atoms with Crippen molar-refractivity contribution in [1.29, 1.82) is 0 Å². The third-order valence-corrected chi connectivity index (χ3v) is 5.45. The Hall–Kier alpha value is -2.48. The van der Waals surface area contributed by atoms with E-state index in [-0.39, 0.29) is 11.8 Å². The van der Waals surface area contributed by atoms with Gasteiger partial charge in [-0.2, -0.15) is 0 Å². The highest BCUT2D eigenvalue weighted by Crippen LogP contribution is 2.33. The predicted molar refractivity (Wildman–Crippen MR) is 105 cm³/mol. The molecule has 27 heavy (non-hydrogen) atoms. The van der Waals surface area contributed by atoms with Crippen molar-refractivity contribution in [2.75, 3.05) is 29.6 Å². The number of ether oxygens (including phenoxy) is 1. The van der Waals surface area contributed by atoms with Crippen LogP contribution in [0.3, 0.4) is 0 Å². The number of methoxy groups -OCH3 is 1. The third-order valence-electron chi connectivity index (χ3n) is 4.49. The van der Waals surface area contributed by atoms with Crippen molar-refractivity contribution in [3.8, 4) is 5.75 Å². The standard InChI is InChI=1S/C19H23N3O4S/c1-12-15(13(2)26-21-12)10-27-11-18(23)20-14-6-7-16(17(9-14)25-3)22-8-4-5-19(22)24/h6-7,9H,4-5,8,10-11H2,1-3H3,(H,20,23). The van der Waals surface area contributed by atoms with Gasteiger partial charge in [-0.15, -0.1) is 11.8 Å². The van der Waals surface area contributed by atoms with Gasteiger partial charge < -0.3 is 19.5 Å². The lowest BCUT2D eigenvalue weighted by Crippen LogP contribution is -2.24. The number of rotatable bonds is 7. The fraction of sp³-hybridized carbons (Fsp3) is 0.421. The Morgan fingerprint density at radius 2 is 2.22 bits per heavy atom. The molecule has 0 radical (unpaired) electrons. The number of aromatic nitrogens is 1. The van der Waals surface area contributed by atoms with Gasteiger partial charge in [0.25, 0.3) is 0 Å². The number of thioether (sulfide) groups is 1. The van der Waals surface area contributed by atoms with Crippen LogP contribution in [0.25, 0.3) is 0 Å². The number of hydrogen-bond donors (Lipinski definition) is 1. The highest BCUT2D eigenvalue weighted by atomic mass is 32.2. The van der Waals surface area contributed by atoms with Gasteiger partial charge >= 0.3 is 0 Å². The molecule has 7 nitrogen and oxygen atoms in total. The molecule has 1 aromatic carbocycles. The minimum absolute atomic E-state index is 0.0980. The second-order valence-corrected chi connectivity index (χ2v) is 7.36. The number of nitrogens with zero attached hydrogens (tertiary/aromatic N) is 2. The molecule has 0 unspecified atom stereocenters. The Morgan fingerprint density at radius 3 is 2.85 bits per heavy atom. The molecule has 144 valence electrons. The summed E-state index contributed by atoms with van der Waals surface area (Å²) in [7, 11) is 1.56. The topological polar surface area (TPSA) is 84.7 Å². The van der Waals surface area contributed by atoms with Crippen molar-refractivity contribution in [3.63, 3.8) is 0 Å². The first-order valence-corrected chi connectivity index (χ1v) is 9.93. The van der Waals surface area contributed by atoms with E-state index in [2.05, 4.69) is 10.5 Å². The second-order valence-electron chi connectivity index (χ2n) is 6.38. The molecule has 1 aliphatic heterocycles. The Morgan fingerprint density at radius 1 is 1.41 bits per heavy atom. The quantitative estimate of drug-likeness (QED) is 0.782. The van der Waals surface area contributed by atoms with Gasteiger partial charge in [0.05, 0.1) is 24.2 Å². The first kappa shape index (κ1) is 19.3. The lowest BCUT2D eigenvalue weighted by molar-refractivity contribution is -0.117. The lowest BCUT2D eigenvalue weighted by Gasteiger charge is -2.19. The number of anilines is 2. The van der Waals surface area contributed by atoms with Crippen molar-refractivity contribution in [3.05, 3.63) is 35.2 Å². The van der Waals surface area contributed by atoms with Crippen molar-refractivity contribution in [2.45, 2.75) is 32.4 Å². The van der Waals surface area contributed by atoms with Crippen LogP contribution in [-0.2, 0) is 15.3 Å². The Balaban J connectivity index is 1.58. The number of carbonyl (C=O) groups is 2. The van der Waals surface area contributed by atoms with Gasteiger partial charge in [0.2, 0.25) is 11.8 Å². The zero-order valence-corrected chi connectivity index (χ0v) is 16.5. The maximum Gasteiger partial charge on any atom is 0.234 e. The molecule has 1 saturated heterocycles. The molecule has 1 fully saturated rings. The normalized spacial score (nSPS) is 13.9. The molecule has 2 amide bonds. The molecule has 0 saturated carbocycles. The van der Waals surface area contributed by atoms with Crippen molar-refractivity contribution in [1.82, 2.24) is 5.16 Å². The monoisotopic (exact) mass is 389 g/mol. The molecule has 3 rings (SSSR count). The van der Waals surface area contributed by atoms with Crippen molar-refractivity contribution in [2.24, 2.45) is 0 Å². The summed E-state index contributed by atoms with van der Waals surface area (Å²) in [5.41, 5.74) is 3.28. The van der Waals surface area contributed by atoms with Crippen LogP contribution in [0.4, 0.5) is 11.4 Å². The van der Waals surface area contributed by atoms with Crippen LogP contribution in [0.1, 0.15) is 29.9 Å². The van der Waals surface area contributed by atoms with Crippen LogP contribution in [0.5, 0.6) is 5.75 Å². The van der Waals surface area contributed by atoms with E-state index in [0.29, 0.717) is 35.9 Å². The molecule has 8 heteroatoms. The zero-order chi connectivity index (χ0) is 19.4. The van der Waals surface area contributed by atoms with Gasteiger partial charge in [-0.05, 0) is 32.4 Å². The van der Waals surface area contributed by atoms with Gasteiger partial charge in [-0.25, -0.2) is 0 Å². The van der Waals surface area contributed by atoms with E-state index in [0.717, 1.165) is 29.1 Å². The van der Waals surface area contributed by atoms with Crippen LogP contribution in [-0.4, -0.2) is 36.4 Å². The average Bonchev–Trinajstić information content (AvgIpc) is 3.21. The van der Waals surface area contributed by atoms with E-state index in [4.69, 9.17) is 9.26 Å². The van der Waals surface area contributed by atoms with E-state index in [1.165, 1.54) is 11.8 Å². The average molecular weight is 389 g/mol. The summed E-state index contributed by atoms with van der Waals surface area (Å²) in [6, 6.07) is 5.35. The van der Waals surface area contributed by atoms with Crippen LogP contribution < -0.4 is 15.0 Å². The van der Waals surface area contributed by atoms with E-state index >= 15 is 0 Å². The van der Waals surface area contributed by atoms with Crippen LogP contribution in [0.2, 0.25) is 0 Å². The molecule has 2 heterocycles. The number of amides is 2. The van der Waals surface area contributed by atoms with Gasteiger partial charge in [0.15, 0.2) is 0 Å². The minimum atomic E-state index is -0.0983. The van der Waals surface area contributed by atoms with Crippen LogP contribution in [0.15, 0.2) is 22.7 Å². The Labute approximate surface area is 162 Å². The molecular weight excluding hydrogens is 366 g/mol. The van der Waals surface area contributed by atoms with Crippen molar-refractivity contribution < 1.29 is 18.8 Å². The highest BCUT2D eigenvalue weighted by molar-refractivity contribution is 7.99. The van der Waals surface area contributed by atoms with E-state index in [9.17, 15) is 9.59 Å². The fourth-order valence-electron chi connectivity index (χ4n) is 3.03. The van der Waals surface area contributed by atoms with E-state index in [1.807, 2.05) is 19.9 Å². The van der Waals surface area contributed by atoms with Crippen LogP contribution >= 0.6 is 11.8 Å². The number of benzene rings is 1. The highest BCUT2D eigenvalue weighted by Gasteiger charge is 2.24. The smallest absolute Gasteiger partial charge is 0.234 e. The maximum absolute atomic E-state index is 12.2. The number of hydrogen-bond acceptors (Lipinski definition) is 6. The molecule has 0 spiro atoms. The SMILES string of the molecule is COc1cc(NC(=O)CSCc2c(C)noc2C)ccc1N1CCCC1=O. The van der Waals surface area contributed by atoms with Gasteiger partial charge in [0.1, 0.15) is 11.5 Å². The molecule has 0 atom stereocenters. The molecule has 0 bridgehead atoms. The zero-order valence-electron chi connectivity index (χ0n) is 15.7. The van der Waals surface area contributed by atoms with Gasteiger partial charge in [0, 0.05) is 36.0 Å². The van der Waals surface area contributed by atoms with Gasteiger partial charge in [-0.3, -0.25) is 9.59 Å². The third kappa shape index (κ3) is 4.44. The van der Waals surface area contributed by atoms with Crippen LogP contribution in [0, 0.1) is 13.8 Å². The Kier molecular flexibility index (Phi) is 6.05. The first-order valence-electron chi connectivity index (χ1n) is 8.77. The van der Waals surface area contributed by atoms with E-state index < -0.39 is 0 Å².